The molecule has 0 saturated heterocycles. The molecular formula is C20H22N2O2. The molecule has 0 fully saturated rings. The van der Waals surface area contributed by atoms with Gasteiger partial charge in [-0.25, -0.2) is 0 Å². The molecule has 0 aliphatic heterocycles. The van der Waals surface area contributed by atoms with E-state index in [0.717, 1.165) is 34.1 Å². The Balaban J connectivity index is 1.68. The number of aromatic nitrogens is 1. The highest BCUT2D eigenvalue weighted by Gasteiger charge is 2.13. The normalized spacial score (nSPS) is 11.0. The second-order valence-corrected chi connectivity index (χ2v) is 6.08. The number of fused-ring (bicyclic) bond motifs is 1. The maximum Gasteiger partial charge on any atom is 0.253 e. The molecular weight excluding hydrogens is 300 g/mol. The molecule has 4 nitrogen and oxygen atoms in total. The van der Waals surface area contributed by atoms with Gasteiger partial charge in [0.05, 0.1) is 17.7 Å². The fraction of sp³-hybridized carbons (Fsp3) is 0.250. The number of rotatable bonds is 5. The van der Waals surface area contributed by atoms with Crippen LogP contribution in [0.25, 0.3) is 10.9 Å². The lowest BCUT2D eigenvalue weighted by atomic mass is 10.1. The van der Waals surface area contributed by atoms with Crippen molar-refractivity contribution in [2.45, 2.75) is 26.9 Å². The van der Waals surface area contributed by atoms with Crippen LogP contribution in [-0.2, 0) is 13.0 Å². The minimum Gasteiger partial charge on any atom is -0.392 e. The summed E-state index contributed by atoms with van der Waals surface area (Å²) in [7, 11) is 0. The molecule has 124 valence electrons. The maximum absolute atomic E-state index is 12.5. The lowest BCUT2D eigenvalue weighted by Crippen LogP contribution is -2.25. The molecule has 24 heavy (non-hydrogen) atoms. The highest BCUT2D eigenvalue weighted by Crippen LogP contribution is 2.24. The molecule has 0 spiro atoms. The average molecular weight is 322 g/mol. The average Bonchev–Trinajstić information content (AvgIpc) is 2.90. The monoisotopic (exact) mass is 322 g/mol. The minimum absolute atomic E-state index is 0.0516. The number of amides is 1. The van der Waals surface area contributed by atoms with Crippen LogP contribution in [0.5, 0.6) is 0 Å². The number of aromatic amines is 1. The lowest BCUT2D eigenvalue weighted by molar-refractivity contribution is 0.0955. The SMILES string of the molecule is Cc1[nH]c2c(C(=O)NCCc3ccc(CO)cc3)cccc2c1C. The number of hydrogen-bond donors (Lipinski definition) is 3. The van der Waals surface area contributed by atoms with E-state index in [-0.39, 0.29) is 12.5 Å². The van der Waals surface area contributed by atoms with Gasteiger partial charge in [-0.2, -0.15) is 0 Å². The van der Waals surface area contributed by atoms with Crippen molar-refractivity contribution >= 4 is 16.8 Å². The Hall–Kier alpha value is -2.59. The molecule has 1 aromatic heterocycles. The van der Waals surface area contributed by atoms with E-state index in [2.05, 4.69) is 17.2 Å². The van der Waals surface area contributed by atoms with Crippen LogP contribution < -0.4 is 5.32 Å². The summed E-state index contributed by atoms with van der Waals surface area (Å²) in [5.74, 6) is -0.0613. The molecule has 0 saturated carbocycles. The van der Waals surface area contributed by atoms with Crippen molar-refractivity contribution in [1.29, 1.82) is 0 Å². The van der Waals surface area contributed by atoms with E-state index in [1.807, 2.05) is 49.4 Å². The van der Waals surface area contributed by atoms with Crippen molar-refractivity contribution in [3.8, 4) is 0 Å². The van der Waals surface area contributed by atoms with Crippen molar-refractivity contribution in [3.63, 3.8) is 0 Å². The van der Waals surface area contributed by atoms with E-state index in [1.165, 1.54) is 5.56 Å². The summed E-state index contributed by atoms with van der Waals surface area (Å²) in [5.41, 5.74) is 5.89. The summed E-state index contributed by atoms with van der Waals surface area (Å²) in [4.78, 5) is 15.8. The molecule has 3 rings (SSSR count). The summed E-state index contributed by atoms with van der Waals surface area (Å²) in [6.07, 6.45) is 0.760. The van der Waals surface area contributed by atoms with Gasteiger partial charge in [0.2, 0.25) is 0 Å². The molecule has 2 aromatic carbocycles. The molecule has 3 aromatic rings. The predicted octanol–water partition coefficient (Wildman–Crippen LogP) is 3.25. The number of aliphatic hydroxyl groups is 1. The van der Waals surface area contributed by atoms with Crippen LogP contribution in [0.4, 0.5) is 0 Å². The number of aryl methyl sites for hydroxylation is 2. The zero-order chi connectivity index (χ0) is 17.1. The van der Waals surface area contributed by atoms with Crippen molar-refractivity contribution in [2.24, 2.45) is 0 Å². The molecule has 4 heteroatoms. The standard InChI is InChI=1S/C20H22N2O2/c1-13-14(2)22-19-17(13)4-3-5-18(19)20(24)21-11-10-15-6-8-16(12-23)9-7-15/h3-9,22-23H,10-12H2,1-2H3,(H,21,24). The summed E-state index contributed by atoms with van der Waals surface area (Å²) in [6.45, 7) is 4.71. The number of H-pyrrole nitrogens is 1. The molecule has 0 radical (unpaired) electrons. The fourth-order valence-corrected chi connectivity index (χ4v) is 2.90. The molecule has 0 bridgehead atoms. The summed E-state index contributed by atoms with van der Waals surface area (Å²) in [5, 5.41) is 13.1. The highest BCUT2D eigenvalue weighted by atomic mass is 16.3. The number of para-hydroxylation sites is 1. The number of carbonyl (C=O) groups is 1. The number of hydrogen-bond acceptors (Lipinski definition) is 2. The summed E-state index contributed by atoms with van der Waals surface area (Å²) < 4.78 is 0. The van der Waals surface area contributed by atoms with Gasteiger partial charge < -0.3 is 15.4 Å². The molecule has 3 N–H and O–H groups in total. The van der Waals surface area contributed by atoms with Crippen LogP contribution in [0.3, 0.4) is 0 Å². The minimum atomic E-state index is -0.0613. The van der Waals surface area contributed by atoms with Gasteiger partial charge in [-0.3, -0.25) is 4.79 Å². The van der Waals surface area contributed by atoms with Crippen LogP contribution >= 0.6 is 0 Å². The topological polar surface area (TPSA) is 65.1 Å². The van der Waals surface area contributed by atoms with Gasteiger partial charge in [0.25, 0.3) is 5.91 Å². The third-order valence-corrected chi connectivity index (χ3v) is 4.49. The van der Waals surface area contributed by atoms with E-state index < -0.39 is 0 Å². The van der Waals surface area contributed by atoms with E-state index in [0.29, 0.717) is 12.1 Å². The first-order valence-corrected chi connectivity index (χ1v) is 8.15. The molecule has 1 heterocycles. The largest absolute Gasteiger partial charge is 0.392 e. The van der Waals surface area contributed by atoms with Crippen LogP contribution in [-0.4, -0.2) is 22.5 Å². The van der Waals surface area contributed by atoms with E-state index >= 15 is 0 Å². The fourth-order valence-electron chi connectivity index (χ4n) is 2.90. The van der Waals surface area contributed by atoms with E-state index in [1.54, 1.807) is 0 Å². The first kappa shape index (κ1) is 16.3. The van der Waals surface area contributed by atoms with Gasteiger partial charge in [-0.05, 0) is 43.0 Å². The first-order chi connectivity index (χ1) is 11.6. The lowest BCUT2D eigenvalue weighted by Gasteiger charge is -2.07. The van der Waals surface area contributed by atoms with Gasteiger partial charge in [0.15, 0.2) is 0 Å². The number of aliphatic hydroxyl groups excluding tert-OH is 1. The molecule has 0 aliphatic rings. The quantitative estimate of drug-likeness (QED) is 0.675. The maximum atomic E-state index is 12.5. The Morgan fingerprint density at radius 3 is 2.50 bits per heavy atom. The molecule has 0 unspecified atom stereocenters. The highest BCUT2D eigenvalue weighted by molar-refractivity contribution is 6.06. The van der Waals surface area contributed by atoms with Gasteiger partial charge in [0, 0.05) is 17.6 Å². The Labute approximate surface area is 141 Å². The molecule has 0 aliphatic carbocycles. The van der Waals surface area contributed by atoms with Crippen molar-refractivity contribution in [3.05, 3.63) is 70.4 Å². The third kappa shape index (κ3) is 3.19. The number of benzene rings is 2. The Morgan fingerprint density at radius 2 is 1.79 bits per heavy atom. The number of nitrogens with one attached hydrogen (secondary N) is 2. The van der Waals surface area contributed by atoms with Crippen LogP contribution in [0, 0.1) is 13.8 Å². The van der Waals surface area contributed by atoms with Gasteiger partial charge in [-0.1, -0.05) is 36.4 Å². The van der Waals surface area contributed by atoms with E-state index in [4.69, 9.17) is 5.11 Å². The summed E-state index contributed by atoms with van der Waals surface area (Å²) in [6, 6.07) is 13.6. The van der Waals surface area contributed by atoms with E-state index in [9.17, 15) is 4.79 Å². The Kier molecular flexibility index (Phi) is 4.67. The second kappa shape index (κ2) is 6.89. The Morgan fingerprint density at radius 1 is 1.08 bits per heavy atom. The first-order valence-electron chi connectivity index (χ1n) is 8.15. The third-order valence-electron chi connectivity index (χ3n) is 4.49. The van der Waals surface area contributed by atoms with Gasteiger partial charge in [-0.15, -0.1) is 0 Å². The zero-order valence-electron chi connectivity index (χ0n) is 14.0. The zero-order valence-corrected chi connectivity index (χ0v) is 14.0. The van der Waals surface area contributed by atoms with Crippen LogP contribution in [0.15, 0.2) is 42.5 Å². The van der Waals surface area contributed by atoms with Gasteiger partial charge >= 0.3 is 0 Å². The number of carbonyl (C=O) groups excluding carboxylic acids is 1. The Bertz CT molecular complexity index is 863. The molecule has 0 atom stereocenters. The van der Waals surface area contributed by atoms with Crippen molar-refractivity contribution in [1.82, 2.24) is 10.3 Å². The van der Waals surface area contributed by atoms with Gasteiger partial charge in [0.1, 0.15) is 0 Å². The molecule has 1 amide bonds. The smallest absolute Gasteiger partial charge is 0.253 e. The predicted molar refractivity (Wildman–Crippen MR) is 96.2 cm³/mol. The summed E-state index contributed by atoms with van der Waals surface area (Å²) >= 11 is 0. The van der Waals surface area contributed by atoms with Crippen molar-refractivity contribution in [2.75, 3.05) is 6.54 Å². The second-order valence-electron chi connectivity index (χ2n) is 6.08. The van der Waals surface area contributed by atoms with Crippen LogP contribution in [0.1, 0.15) is 32.7 Å². The van der Waals surface area contributed by atoms with Crippen molar-refractivity contribution < 1.29 is 9.90 Å². The van der Waals surface area contributed by atoms with Crippen LogP contribution in [0.2, 0.25) is 0 Å².